The van der Waals surface area contributed by atoms with Gasteiger partial charge >= 0.3 is 5.97 Å². The lowest BCUT2D eigenvalue weighted by Gasteiger charge is -2.24. The highest BCUT2D eigenvalue weighted by Gasteiger charge is 2.35. The van der Waals surface area contributed by atoms with E-state index in [0.29, 0.717) is 33.2 Å². The van der Waals surface area contributed by atoms with E-state index in [4.69, 9.17) is 15.9 Å². The molecule has 1 aliphatic heterocycles. The maximum Gasteiger partial charge on any atom is 0.346 e. The number of benzene rings is 2. The first-order chi connectivity index (χ1) is 15.4. The van der Waals surface area contributed by atoms with Crippen LogP contribution in [0.1, 0.15) is 32.5 Å². The van der Waals surface area contributed by atoms with Crippen molar-refractivity contribution in [1.29, 1.82) is 0 Å². The Balaban J connectivity index is 1.86. The largest absolute Gasteiger partial charge is 0.493 e. The van der Waals surface area contributed by atoms with Crippen molar-refractivity contribution in [3.8, 4) is 35.0 Å². The van der Waals surface area contributed by atoms with E-state index in [0.717, 1.165) is 16.9 Å². The van der Waals surface area contributed by atoms with Crippen LogP contribution in [-0.2, 0) is 4.79 Å². The molecule has 0 saturated heterocycles. The van der Waals surface area contributed by atoms with E-state index in [1.54, 1.807) is 24.3 Å². The molecule has 0 bridgehead atoms. The van der Waals surface area contributed by atoms with Crippen molar-refractivity contribution < 1.29 is 28.6 Å². The number of halogens is 1. The number of aromatic carboxylic acids is 1. The monoisotopic (exact) mass is 451 g/mol. The molecule has 1 atom stereocenters. The molecule has 2 heterocycles. The summed E-state index contributed by atoms with van der Waals surface area (Å²) in [7, 11) is 1.50. The summed E-state index contributed by atoms with van der Waals surface area (Å²) in [5.74, 6) is 1.000. The molecular weight excluding hydrogens is 433 g/mol. The maximum absolute atomic E-state index is 13.9. The Morgan fingerprint density at radius 3 is 2.81 bits per heavy atom. The molecule has 0 radical (unpaired) electrons. The van der Waals surface area contributed by atoms with Gasteiger partial charge in [-0.15, -0.1) is 17.8 Å². The molecule has 1 amide bonds. The standard InChI is InChI=1S/C24H18FNO5S/c1-3-9-31-17-8-7-13(11-18(17)30-2)16-12-19(27)26-21-20(14-5-4-6-15(25)10-14)23(24(28)29)32-22(16)21/h1,4-8,10-11,16H,9,12H2,2H3,(H,26,27)(H,28,29). The lowest BCUT2D eigenvalue weighted by Crippen LogP contribution is -2.22. The van der Waals surface area contributed by atoms with Gasteiger partial charge in [-0.3, -0.25) is 4.79 Å². The van der Waals surface area contributed by atoms with E-state index in [-0.39, 0.29) is 23.8 Å². The van der Waals surface area contributed by atoms with Crippen molar-refractivity contribution in [3.05, 3.63) is 63.6 Å². The predicted molar refractivity (Wildman–Crippen MR) is 119 cm³/mol. The number of carboxylic acids is 1. The van der Waals surface area contributed by atoms with Gasteiger partial charge in [-0.2, -0.15) is 0 Å². The molecule has 0 saturated carbocycles. The second-order valence-corrected chi connectivity index (χ2v) is 8.12. The number of thiophene rings is 1. The van der Waals surface area contributed by atoms with Crippen LogP contribution in [0.15, 0.2) is 42.5 Å². The fraction of sp³-hybridized carbons (Fsp3) is 0.167. The molecule has 2 N–H and O–H groups in total. The average molecular weight is 451 g/mol. The van der Waals surface area contributed by atoms with E-state index in [9.17, 15) is 19.1 Å². The predicted octanol–water partition coefficient (Wildman–Crippen LogP) is 4.75. The minimum Gasteiger partial charge on any atom is -0.493 e. The zero-order valence-electron chi connectivity index (χ0n) is 17.0. The number of methoxy groups -OCH3 is 1. The van der Waals surface area contributed by atoms with Crippen LogP contribution >= 0.6 is 11.3 Å². The van der Waals surface area contributed by atoms with Crippen LogP contribution in [0.2, 0.25) is 0 Å². The summed E-state index contributed by atoms with van der Waals surface area (Å²) in [5, 5.41) is 12.6. The third kappa shape index (κ3) is 3.90. The third-order valence-corrected chi connectivity index (χ3v) is 6.41. The van der Waals surface area contributed by atoms with Crippen LogP contribution in [0.5, 0.6) is 11.5 Å². The molecule has 32 heavy (non-hydrogen) atoms. The van der Waals surface area contributed by atoms with Gasteiger partial charge in [0.25, 0.3) is 0 Å². The van der Waals surface area contributed by atoms with E-state index in [1.807, 2.05) is 0 Å². The molecule has 8 heteroatoms. The lowest BCUT2D eigenvalue weighted by molar-refractivity contribution is -0.116. The number of hydrogen-bond acceptors (Lipinski definition) is 5. The van der Waals surface area contributed by atoms with Crippen LogP contribution in [0.4, 0.5) is 10.1 Å². The molecule has 1 aliphatic rings. The second kappa shape index (κ2) is 8.73. The first-order valence-corrected chi connectivity index (χ1v) is 10.4. The Labute approximate surface area is 187 Å². The summed E-state index contributed by atoms with van der Waals surface area (Å²) in [5.41, 5.74) is 1.84. The lowest BCUT2D eigenvalue weighted by atomic mass is 9.88. The van der Waals surface area contributed by atoms with Crippen molar-refractivity contribution in [3.63, 3.8) is 0 Å². The number of hydrogen-bond donors (Lipinski definition) is 2. The molecular formula is C24H18FNO5S. The molecule has 1 unspecified atom stereocenters. The summed E-state index contributed by atoms with van der Waals surface area (Å²) in [6.45, 7) is 0.0789. The Morgan fingerprint density at radius 1 is 1.31 bits per heavy atom. The summed E-state index contributed by atoms with van der Waals surface area (Å²) >= 11 is 1.07. The number of carbonyl (C=O) groups is 2. The van der Waals surface area contributed by atoms with Gasteiger partial charge in [-0.1, -0.05) is 24.1 Å². The van der Waals surface area contributed by atoms with Gasteiger partial charge in [0.2, 0.25) is 5.91 Å². The minimum atomic E-state index is -1.15. The van der Waals surface area contributed by atoms with Crippen LogP contribution in [0, 0.1) is 18.2 Å². The number of nitrogens with one attached hydrogen (secondary N) is 1. The van der Waals surface area contributed by atoms with Gasteiger partial charge in [0.1, 0.15) is 17.3 Å². The minimum absolute atomic E-state index is 0.0359. The summed E-state index contributed by atoms with van der Waals surface area (Å²) in [4.78, 5) is 25.3. The highest BCUT2D eigenvalue weighted by Crippen LogP contribution is 2.50. The number of amides is 1. The van der Waals surface area contributed by atoms with E-state index >= 15 is 0 Å². The maximum atomic E-state index is 13.9. The van der Waals surface area contributed by atoms with Gasteiger partial charge in [0, 0.05) is 22.8 Å². The summed E-state index contributed by atoms with van der Waals surface area (Å²) < 4.78 is 24.8. The molecule has 4 rings (SSSR count). The Morgan fingerprint density at radius 2 is 2.12 bits per heavy atom. The fourth-order valence-corrected chi connectivity index (χ4v) is 5.01. The molecule has 2 aromatic carbocycles. The highest BCUT2D eigenvalue weighted by molar-refractivity contribution is 7.15. The number of fused-ring (bicyclic) bond motifs is 1. The number of rotatable bonds is 6. The number of terminal acetylenes is 1. The first kappa shape index (κ1) is 21.4. The van der Waals surface area contributed by atoms with E-state index < -0.39 is 17.7 Å². The Bertz CT molecular complexity index is 1260. The number of carbonyl (C=O) groups excluding carboxylic acids is 1. The van der Waals surface area contributed by atoms with Gasteiger partial charge in [-0.05, 0) is 35.4 Å². The molecule has 0 spiro atoms. The van der Waals surface area contributed by atoms with Gasteiger partial charge in [0.05, 0.1) is 12.8 Å². The van der Waals surface area contributed by atoms with Crippen LogP contribution < -0.4 is 14.8 Å². The second-order valence-electron chi connectivity index (χ2n) is 7.07. The van der Waals surface area contributed by atoms with Crippen molar-refractivity contribution in [2.45, 2.75) is 12.3 Å². The van der Waals surface area contributed by atoms with Gasteiger partial charge in [0.15, 0.2) is 11.5 Å². The number of ether oxygens (including phenoxy) is 2. The first-order valence-electron chi connectivity index (χ1n) is 9.63. The van der Waals surface area contributed by atoms with Crippen molar-refractivity contribution >= 4 is 28.9 Å². The molecule has 6 nitrogen and oxygen atoms in total. The summed E-state index contributed by atoms with van der Waals surface area (Å²) in [6.07, 6.45) is 5.38. The quantitative estimate of drug-likeness (QED) is 0.529. The SMILES string of the molecule is C#CCOc1ccc(C2CC(=O)Nc3c2sc(C(=O)O)c3-c2cccc(F)c2)cc1OC. The van der Waals surface area contributed by atoms with Crippen molar-refractivity contribution in [2.24, 2.45) is 0 Å². The van der Waals surface area contributed by atoms with Gasteiger partial charge < -0.3 is 19.9 Å². The average Bonchev–Trinajstić information content (AvgIpc) is 3.16. The van der Waals surface area contributed by atoms with E-state index in [2.05, 4.69) is 11.2 Å². The molecule has 0 fully saturated rings. The number of anilines is 1. The van der Waals surface area contributed by atoms with Crippen molar-refractivity contribution in [1.82, 2.24) is 0 Å². The third-order valence-electron chi connectivity index (χ3n) is 5.11. The van der Waals surface area contributed by atoms with Gasteiger partial charge in [-0.25, -0.2) is 9.18 Å². The topological polar surface area (TPSA) is 84.9 Å². The zero-order chi connectivity index (χ0) is 22.8. The zero-order valence-corrected chi connectivity index (χ0v) is 17.8. The molecule has 162 valence electrons. The fourth-order valence-electron chi connectivity index (χ4n) is 3.77. The molecule has 0 aliphatic carbocycles. The number of carboxylic acid groups (broad SMARTS) is 1. The summed E-state index contributed by atoms with van der Waals surface area (Å²) in [6, 6.07) is 10.9. The smallest absolute Gasteiger partial charge is 0.346 e. The van der Waals surface area contributed by atoms with Crippen LogP contribution in [0.25, 0.3) is 11.1 Å². The van der Waals surface area contributed by atoms with Crippen LogP contribution in [0.3, 0.4) is 0 Å². The normalized spacial score (nSPS) is 14.8. The molecule has 1 aromatic heterocycles. The molecule has 3 aromatic rings. The Kier molecular flexibility index (Phi) is 5.84. The van der Waals surface area contributed by atoms with Crippen molar-refractivity contribution in [2.75, 3.05) is 19.0 Å². The van der Waals surface area contributed by atoms with E-state index in [1.165, 1.54) is 25.3 Å². The van der Waals surface area contributed by atoms with Crippen LogP contribution in [-0.4, -0.2) is 30.7 Å². The Hall–Kier alpha value is -3.83. The highest BCUT2D eigenvalue weighted by atomic mass is 32.1.